The van der Waals surface area contributed by atoms with Crippen LogP contribution in [0.15, 0.2) is 128 Å². The van der Waals surface area contributed by atoms with Gasteiger partial charge in [-0.3, -0.25) is 9.78 Å². The van der Waals surface area contributed by atoms with E-state index < -0.39 is 22.7 Å². The number of halogens is 3. The van der Waals surface area contributed by atoms with Crippen molar-refractivity contribution in [2.24, 2.45) is 5.41 Å². The molecule has 2 aromatic heterocycles. The van der Waals surface area contributed by atoms with Gasteiger partial charge in [0.2, 0.25) is 5.91 Å². The summed E-state index contributed by atoms with van der Waals surface area (Å²) in [7, 11) is 0. The first-order valence-corrected chi connectivity index (χ1v) is 16.1. The van der Waals surface area contributed by atoms with Crippen LogP contribution in [0.1, 0.15) is 35.1 Å². The molecule has 8 rings (SSSR count). The molecule has 1 amide bonds. The standard InChI is InChI=1S/C39H32F3N5O/c40-39(41,42)33-25-43-21-18-31(33)35-32-24-30(46-23-20-37(36(46)48)19-22-44-26-37)16-17-34(32)47(45-35)38(27-10-4-1-5-11-27,28-12-6-2-7-13-28)29-14-8-3-9-15-29/h1-18,21,24-25,44H,19-20,22-23,26H2/t37-/m0/s1. The smallest absolute Gasteiger partial charge is 0.316 e. The predicted octanol–water partition coefficient (Wildman–Crippen LogP) is 7.67. The van der Waals surface area contributed by atoms with E-state index in [0.29, 0.717) is 29.7 Å². The Kier molecular flexibility index (Phi) is 7.18. The molecule has 0 unspecified atom stereocenters. The third-order valence-electron chi connectivity index (χ3n) is 10.0. The second-order valence-corrected chi connectivity index (χ2v) is 12.6. The molecule has 1 atom stereocenters. The minimum Gasteiger partial charge on any atom is -0.316 e. The van der Waals surface area contributed by atoms with Crippen molar-refractivity contribution in [2.75, 3.05) is 24.5 Å². The van der Waals surface area contributed by atoms with E-state index in [-0.39, 0.29) is 17.2 Å². The molecule has 2 aliphatic rings. The summed E-state index contributed by atoms with van der Waals surface area (Å²) < 4.78 is 45.6. The van der Waals surface area contributed by atoms with Crippen LogP contribution in [0.25, 0.3) is 22.2 Å². The molecule has 1 spiro atoms. The molecule has 2 aliphatic heterocycles. The van der Waals surface area contributed by atoms with Gasteiger partial charge in [-0.2, -0.15) is 18.3 Å². The minimum absolute atomic E-state index is 0.0490. The van der Waals surface area contributed by atoms with Crippen molar-refractivity contribution < 1.29 is 18.0 Å². The highest BCUT2D eigenvalue weighted by Crippen LogP contribution is 2.47. The molecule has 48 heavy (non-hydrogen) atoms. The Morgan fingerprint density at radius 3 is 1.96 bits per heavy atom. The molecular formula is C39H32F3N5O. The van der Waals surface area contributed by atoms with Gasteiger partial charge >= 0.3 is 6.18 Å². The fourth-order valence-corrected chi connectivity index (χ4v) is 7.67. The lowest BCUT2D eigenvalue weighted by molar-refractivity contribution is -0.137. The van der Waals surface area contributed by atoms with Gasteiger partial charge in [0.05, 0.1) is 16.5 Å². The Morgan fingerprint density at radius 1 is 0.771 bits per heavy atom. The molecule has 4 aromatic carbocycles. The van der Waals surface area contributed by atoms with Crippen LogP contribution in [0.4, 0.5) is 18.9 Å². The predicted molar refractivity (Wildman–Crippen MR) is 179 cm³/mol. The van der Waals surface area contributed by atoms with Crippen molar-refractivity contribution in [1.82, 2.24) is 20.1 Å². The van der Waals surface area contributed by atoms with Crippen LogP contribution in [-0.2, 0) is 16.5 Å². The Morgan fingerprint density at radius 2 is 1.40 bits per heavy atom. The molecule has 0 saturated carbocycles. The quantitative estimate of drug-likeness (QED) is 0.189. The van der Waals surface area contributed by atoms with E-state index in [2.05, 4.69) is 10.3 Å². The first-order chi connectivity index (χ1) is 23.3. The van der Waals surface area contributed by atoms with E-state index in [0.717, 1.165) is 42.3 Å². The van der Waals surface area contributed by atoms with E-state index in [1.165, 1.54) is 12.3 Å². The Labute approximate surface area is 275 Å². The molecule has 240 valence electrons. The molecule has 9 heteroatoms. The lowest BCUT2D eigenvalue weighted by atomic mass is 9.77. The normalized spacial score (nSPS) is 18.3. The van der Waals surface area contributed by atoms with Gasteiger partial charge in [0.15, 0.2) is 0 Å². The highest BCUT2D eigenvalue weighted by molar-refractivity contribution is 6.04. The maximum absolute atomic E-state index is 14.6. The molecule has 0 aliphatic carbocycles. The van der Waals surface area contributed by atoms with Crippen molar-refractivity contribution in [3.8, 4) is 11.3 Å². The molecule has 6 nitrogen and oxygen atoms in total. The van der Waals surface area contributed by atoms with Crippen molar-refractivity contribution in [2.45, 2.75) is 24.6 Å². The number of nitrogens with one attached hydrogen (secondary N) is 1. The number of alkyl halides is 3. The van der Waals surface area contributed by atoms with E-state index in [4.69, 9.17) is 5.10 Å². The van der Waals surface area contributed by atoms with Crippen LogP contribution in [-0.4, -0.2) is 40.3 Å². The third kappa shape index (κ3) is 4.64. The van der Waals surface area contributed by atoms with Crippen LogP contribution in [0.2, 0.25) is 0 Å². The average Bonchev–Trinajstić information content (AvgIpc) is 3.84. The first-order valence-electron chi connectivity index (χ1n) is 16.1. The van der Waals surface area contributed by atoms with Gasteiger partial charge < -0.3 is 10.2 Å². The van der Waals surface area contributed by atoms with E-state index in [1.54, 1.807) is 4.90 Å². The molecule has 6 aromatic rings. The molecular weight excluding hydrogens is 611 g/mol. The number of anilines is 1. The number of carbonyl (C=O) groups excluding carboxylic acids is 1. The number of benzene rings is 4. The maximum atomic E-state index is 14.6. The number of hydrogen-bond acceptors (Lipinski definition) is 4. The number of carbonyl (C=O) groups is 1. The van der Waals surface area contributed by atoms with Gasteiger partial charge in [0.1, 0.15) is 11.2 Å². The molecule has 2 fully saturated rings. The maximum Gasteiger partial charge on any atom is 0.418 e. The Hall–Kier alpha value is -5.28. The Balaban J connectivity index is 1.46. The van der Waals surface area contributed by atoms with E-state index in [9.17, 15) is 18.0 Å². The molecule has 4 heterocycles. The topological polar surface area (TPSA) is 63.1 Å². The van der Waals surface area contributed by atoms with Crippen molar-refractivity contribution in [1.29, 1.82) is 0 Å². The van der Waals surface area contributed by atoms with Crippen molar-refractivity contribution in [3.05, 3.63) is 150 Å². The number of rotatable bonds is 6. The second kappa shape index (κ2) is 11.5. The third-order valence-corrected chi connectivity index (χ3v) is 10.0. The fourth-order valence-electron chi connectivity index (χ4n) is 7.67. The van der Waals surface area contributed by atoms with Crippen LogP contribution in [0, 0.1) is 5.41 Å². The highest BCUT2D eigenvalue weighted by atomic mass is 19.4. The van der Waals surface area contributed by atoms with Crippen molar-refractivity contribution >= 4 is 22.5 Å². The summed E-state index contributed by atoms with van der Waals surface area (Å²) in [6, 6.07) is 36.7. The van der Waals surface area contributed by atoms with Gasteiger partial charge in [-0.25, -0.2) is 4.68 Å². The number of pyridine rings is 1. The van der Waals surface area contributed by atoms with Gasteiger partial charge in [-0.15, -0.1) is 0 Å². The van der Waals surface area contributed by atoms with Gasteiger partial charge in [0, 0.05) is 42.1 Å². The van der Waals surface area contributed by atoms with Crippen LogP contribution in [0.5, 0.6) is 0 Å². The minimum atomic E-state index is -4.67. The lowest BCUT2D eigenvalue weighted by Gasteiger charge is -2.37. The number of aromatic nitrogens is 3. The monoisotopic (exact) mass is 643 g/mol. The molecule has 1 N–H and O–H groups in total. The summed E-state index contributed by atoms with van der Waals surface area (Å²) in [6.45, 7) is 1.96. The lowest BCUT2D eigenvalue weighted by Crippen LogP contribution is -2.38. The molecule has 0 bridgehead atoms. The molecule has 0 radical (unpaired) electrons. The average molecular weight is 644 g/mol. The van der Waals surface area contributed by atoms with E-state index in [1.807, 2.05) is 114 Å². The molecule has 2 saturated heterocycles. The summed E-state index contributed by atoms with van der Waals surface area (Å²) in [5.74, 6) is 0.0490. The zero-order valence-electron chi connectivity index (χ0n) is 26.0. The van der Waals surface area contributed by atoms with Crippen molar-refractivity contribution in [3.63, 3.8) is 0 Å². The summed E-state index contributed by atoms with van der Waals surface area (Å²) in [4.78, 5) is 19.4. The zero-order valence-corrected chi connectivity index (χ0v) is 26.0. The summed E-state index contributed by atoms with van der Waals surface area (Å²) in [6.07, 6.45) is -0.958. The Bertz CT molecular complexity index is 2010. The fraction of sp³-hybridized carbons (Fsp3) is 0.205. The zero-order chi connectivity index (χ0) is 32.9. The largest absolute Gasteiger partial charge is 0.418 e. The number of fused-ring (bicyclic) bond motifs is 1. The highest BCUT2D eigenvalue weighted by Gasteiger charge is 2.49. The van der Waals surface area contributed by atoms with Crippen LogP contribution < -0.4 is 10.2 Å². The van der Waals surface area contributed by atoms with Gasteiger partial charge in [0.25, 0.3) is 0 Å². The van der Waals surface area contributed by atoms with E-state index >= 15 is 0 Å². The first kappa shape index (κ1) is 30.1. The summed E-state index contributed by atoms with van der Waals surface area (Å²) in [5, 5.41) is 9.01. The van der Waals surface area contributed by atoms with Gasteiger partial charge in [-0.05, 0) is 60.3 Å². The van der Waals surface area contributed by atoms with Gasteiger partial charge in [-0.1, -0.05) is 91.0 Å². The summed E-state index contributed by atoms with van der Waals surface area (Å²) in [5.41, 5.74) is 1.62. The summed E-state index contributed by atoms with van der Waals surface area (Å²) >= 11 is 0. The SMILES string of the molecule is O=C1N(c2ccc3c(c2)c(-c2ccncc2C(F)(F)F)nn3C(c2ccccc2)(c2ccccc2)c2ccccc2)CC[C@]12CCNC2. The number of hydrogen-bond donors (Lipinski definition) is 1. The second-order valence-electron chi connectivity index (χ2n) is 12.6. The van der Waals surface area contributed by atoms with Crippen LogP contribution >= 0.6 is 0 Å². The number of nitrogens with zero attached hydrogens (tertiary/aromatic N) is 4. The number of amides is 1. The van der Waals surface area contributed by atoms with Crippen LogP contribution in [0.3, 0.4) is 0 Å².